The van der Waals surface area contributed by atoms with Crippen molar-refractivity contribution in [1.82, 2.24) is 10.2 Å². The Balaban J connectivity index is 2.46. The highest BCUT2D eigenvalue weighted by Gasteiger charge is 2.24. The van der Waals surface area contributed by atoms with Gasteiger partial charge in [-0.15, -0.1) is 0 Å². The van der Waals surface area contributed by atoms with E-state index in [1.54, 1.807) is 14.0 Å². The van der Waals surface area contributed by atoms with Gasteiger partial charge in [0.15, 0.2) is 0 Å². The van der Waals surface area contributed by atoms with Crippen molar-refractivity contribution >= 4 is 5.91 Å². The summed E-state index contributed by atoms with van der Waals surface area (Å²) in [6.07, 6.45) is -0.315. The minimum Gasteiger partial charge on any atom is -0.372 e. The monoisotopic (exact) mass is 186 g/mol. The van der Waals surface area contributed by atoms with E-state index in [0.717, 1.165) is 19.6 Å². The van der Waals surface area contributed by atoms with Crippen LogP contribution in [-0.4, -0.2) is 49.7 Å². The smallest absolute Gasteiger partial charge is 0.251 e. The summed E-state index contributed by atoms with van der Waals surface area (Å²) in [6, 6.07) is 0.391. The SMILES string of the molecule is COC(C)C(=O)N1CCN[C@@H](C)C1. The molecule has 1 heterocycles. The molecule has 4 heteroatoms. The van der Waals surface area contributed by atoms with E-state index < -0.39 is 0 Å². The van der Waals surface area contributed by atoms with Gasteiger partial charge in [-0.2, -0.15) is 0 Å². The molecule has 0 radical (unpaired) electrons. The normalized spacial score (nSPS) is 25.8. The van der Waals surface area contributed by atoms with Gasteiger partial charge in [-0.25, -0.2) is 0 Å². The van der Waals surface area contributed by atoms with Gasteiger partial charge in [0.1, 0.15) is 6.10 Å². The number of carbonyl (C=O) groups excluding carboxylic acids is 1. The third-order valence-electron chi connectivity index (χ3n) is 2.38. The Bertz CT molecular complexity index is 184. The van der Waals surface area contributed by atoms with Crippen LogP contribution in [0.25, 0.3) is 0 Å². The van der Waals surface area contributed by atoms with E-state index in [-0.39, 0.29) is 12.0 Å². The fraction of sp³-hybridized carbons (Fsp3) is 0.889. The first-order valence-electron chi connectivity index (χ1n) is 4.70. The molecule has 4 nitrogen and oxygen atoms in total. The molecule has 76 valence electrons. The van der Waals surface area contributed by atoms with Crippen molar-refractivity contribution in [3.63, 3.8) is 0 Å². The lowest BCUT2D eigenvalue weighted by atomic mass is 10.2. The summed E-state index contributed by atoms with van der Waals surface area (Å²) in [5.41, 5.74) is 0. The zero-order valence-corrected chi connectivity index (χ0v) is 8.54. The van der Waals surface area contributed by atoms with Crippen LogP contribution in [0.4, 0.5) is 0 Å². The highest BCUT2D eigenvalue weighted by molar-refractivity contribution is 5.80. The molecule has 0 aliphatic carbocycles. The molecule has 13 heavy (non-hydrogen) atoms. The highest BCUT2D eigenvalue weighted by Crippen LogP contribution is 2.03. The van der Waals surface area contributed by atoms with E-state index in [9.17, 15) is 4.79 Å². The summed E-state index contributed by atoms with van der Waals surface area (Å²) in [5.74, 6) is 0.0934. The lowest BCUT2D eigenvalue weighted by Gasteiger charge is -2.33. The summed E-state index contributed by atoms with van der Waals surface area (Å²) in [7, 11) is 1.56. The Morgan fingerprint density at radius 1 is 1.69 bits per heavy atom. The Morgan fingerprint density at radius 3 is 2.92 bits per heavy atom. The molecule has 0 bridgehead atoms. The van der Waals surface area contributed by atoms with Crippen LogP contribution in [0.1, 0.15) is 13.8 Å². The summed E-state index contributed by atoms with van der Waals surface area (Å²) in [6.45, 7) is 6.32. The van der Waals surface area contributed by atoms with Crippen molar-refractivity contribution < 1.29 is 9.53 Å². The van der Waals surface area contributed by atoms with Gasteiger partial charge in [0.2, 0.25) is 0 Å². The van der Waals surface area contributed by atoms with Gasteiger partial charge in [-0.3, -0.25) is 4.79 Å². The Labute approximate surface area is 79.2 Å². The highest BCUT2D eigenvalue weighted by atomic mass is 16.5. The van der Waals surface area contributed by atoms with Crippen LogP contribution in [0.15, 0.2) is 0 Å². The predicted octanol–water partition coefficient (Wildman–Crippen LogP) is -0.158. The van der Waals surface area contributed by atoms with Crippen molar-refractivity contribution in [3.8, 4) is 0 Å². The summed E-state index contributed by atoms with van der Waals surface area (Å²) < 4.78 is 4.99. The second-order valence-electron chi connectivity index (χ2n) is 3.52. The molecule has 1 aliphatic rings. The summed E-state index contributed by atoms with van der Waals surface area (Å²) in [4.78, 5) is 13.5. The third-order valence-corrected chi connectivity index (χ3v) is 2.38. The minimum atomic E-state index is -0.315. The van der Waals surface area contributed by atoms with Crippen LogP contribution in [0.5, 0.6) is 0 Å². The number of hydrogen-bond donors (Lipinski definition) is 1. The van der Waals surface area contributed by atoms with Crippen LogP contribution in [0.3, 0.4) is 0 Å². The molecule has 1 amide bonds. The second-order valence-corrected chi connectivity index (χ2v) is 3.52. The predicted molar refractivity (Wildman–Crippen MR) is 50.5 cm³/mol. The number of methoxy groups -OCH3 is 1. The largest absolute Gasteiger partial charge is 0.372 e. The van der Waals surface area contributed by atoms with E-state index in [4.69, 9.17) is 4.74 Å². The number of hydrogen-bond acceptors (Lipinski definition) is 3. The van der Waals surface area contributed by atoms with Crippen LogP contribution in [0.2, 0.25) is 0 Å². The Kier molecular flexibility index (Phi) is 3.69. The number of nitrogens with zero attached hydrogens (tertiary/aromatic N) is 1. The van der Waals surface area contributed by atoms with Crippen molar-refractivity contribution in [2.24, 2.45) is 0 Å². The maximum absolute atomic E-state index is 11.6. The van der Waals surface area contributed by atoms with Crippen molar-refractivity contribution in [1.29, 1.82) is 0 Å². The van der Waals surface area contributed by atoms with E-state index in [0.29, 0.717) is 6.04 Å². The van der Waals surface area contributed by atoms with Crippen LogP contribution < -0.4 is 5.32 Å². The van der Waals surface area contributed by atoms with Gasteiger partial charge in [0.25, 0.3) is 5.91 Å². The van der Waals surface area contributed by atoms with Crippen molar-refractivity contribution in [2.45, 2.75) is 26.0 Å². The molecule has 1 aliphatic heterocycles. The van der Waals surface area contributed by atoms with E-state index in [2.05, 4.69) is 12.2 Å². The zero-order chi connectivity index (χ0) is 9.84. The van der Waals surface area contributed by atoms with Crippen molar-refractivity contribution in [2.75, 3.05) is 26.7 Å². The molecular weight excluding hydrogens is 168 g/mol. The van der Waals surface area contributed by atoms with Crippen LogP contribution in [0, 0.1) is 0 Å². The molecule has 1 fully saturated rings. The van der Waals surface area contributed by atoms with E-state index in [1.165, 1.54) is 0 Å². The fourth-order valence-corrected chi connectivity index (χ4v) is 1.49. The molecule has 0 saturated carbocycles. The lowest BCUT2D eigenvalue weighted by Crippen LogP contribution is -2.53. The third kappa shape index (κ3) is 2.67. The Hall–Kier alpha value is -0.610. The molecule has 0 aromatic carbocycles. The maximum atomic E-state index is 11.6. The molecule has 1 rings (SSSR count). The van der Waals surface area contributed by atoms with Gasteiger partial charge in [0, 0.05) is 32.8 Å². The lowest BCUT2D eigenvalue weighted by molar-refractivity contribution is -0.142. The molecule has 0 aromatic rings. The molecule has 0 spiro atoms. The molecule has 0 aromatic heterocycles. The second kappa shape index (κ2) is 4.58. The number of piperazine rings is 1. The molecule has 1 N–H and O–H groups in total. The number of nitrogens with one attached hydrogen (secondary N) is 1. The first-order valence-corrected chi connectivity index (χ1v) is 4.70. The molecule has 1 saturated heterocycles. The first-order chi connectivity index (χ1) is 6.15. The number of ether oxygens (including phenoxy) is 1. The average molecular weight is 186 g/mol. The minimum absolute atomic E-state index is 0.0934. The number of carbonyl (C=O) groups is 1. The van der Waals surface area contributed by atoms with Gasteiger partial charge in [0.05, 0.1) is 0 Å². The quantitative estimate of drug-likeness (QED) is 0.651. The van der Waals surface area contributed by atoms with Gasteiger partial charge in [-0.05, 0) is 13.8 Å². The van der Waals surface area contributed by atoms with Gasteiger partial charge >= 0.3 is 0 Å². The van der Waals surface area contributed by atoms with Crippen molar-refractivity contribution in [3.05, 3.63) is 0 Å². The van der Waals surface area contributed by atoms with Crippen LogP contribution in [-0.2, 0) is 9.53 Å². The average Bonchev–Trinajstić information content (AvgIpc) is 2.15. The molecular formula is C9H18N2O2. The molecule has 2 atom stereocenters. The zero-order valence-electron chi connectivity index (χ0n) is 8.54. The summed E-state index contributed by atoms with van der Waals surface area (Å²) >= 11 is 0. The van der Waals surface area contributed by atoms with E-state index >= 15 is 0 Å². The summed E-state index contributed by atoms with van der Waals surface area (Å²) in [5, 5.41) is 3.29. The fourth-order valence-electron chi connectivity index (χ4n) is 1.49. The standard InChI is InChI=1S/C9H18N2O2/c1-7-6-11(5-4-10-7)9(12)8(2)13-3/h7-8,10H,4-6H2,1-3H3/t7-,8?/m0/s1. The van der Waals surface area contributed by atoms with Gasteiger partial charge < -0.3 is 15.0 Å². The maximum Gasteiger partial charge on any atom is 0.251 e. The number of rotatable bonds is 2. The Morgan fingerprint density at radius 2 is 2.38 bits per heavy atom. The number of amides is 1. The topological polar surface area (TPSA) is 41.6 Å². The van der Waals surface area contributed by atoms with E-state index in [1.807, 2.05) is 4.90 Å². The first kappa shape index (κ1) is 10.5. The van der Waals surface area contributed by atoms with Gasteiger partial charge in [-0.1, -0.05) is 0 Å². The van der Waals surface area contributed by atoms with Crippen LogP contribution >= 0.6 is 0 Å². The molecule has 1 unspecified atom stereocenters.